The summed E-state index contributed by atoms with van der Waals surface area (Å²) in [7, 11) is 0. The Kier molecular flexibility index (Phi) is 13.2. The molecule has 0 aliphatic carbocycles. The van der Waals surface area contributed by atoms with Gasteiger partial charge in [0, 0.05) is 5.75 Å². The Morgan fingerprint density at radius 2 is 1.57 bits per heavy atom. The minimum atomic E-state index is -1.21. The van der Waals surface area contributed by atoms with Crippen LogP contribution in [-0.4, -0.2) is 76.6 Å². The molecule has 0 aromatic carbocycles. The van der Waals surface area contributed by atoms with Gasteiger partial charge in [-0.3, -0.25) is 19.2 Å². The number of carboxylic acid groups (broad SMARTS) is 1. The van der Waals surface area contributed by atoms with E-state index in [-0.39, 0.29) is 24.5 Å². The summed E-state index contributed by atoms with van der Waals surface area (Å²) in [4.78, 5) is 59.4. The lowest BCUT2D eigenvalue weighted by atomic mass is 10.0. The van der Waals surface area contributed by atoms with E-state index in [0.717, 1.165) is 0 Å². The molecule has 172 valence electrons. The van der Waals surface area contributed by atoms with Gasteiger partial charge in [-0.1, -0.05) is 13.8 Å². The van der Waals surface area contributed by atoms with Crippen LogP contribution >= 0.6 is 24.4 Å². The van der Waals surface area contributed by atoms with E-state index in [1.54, 1.807) is 13.8 Å². The number of amides is 4. The molecule has 11 nitrogen and oxygen atoms in total. The Morgan fingerprint density at radius 3 is 2.00 bits per heavy atom. The molecule has 13 heteroatoms. The van der Waals surface area contributed by atoms with Gasteiger partial charge in [0.25, 0.3) is 0 Å². The molecule has 0 aliphatic heterocycles. The Bertz CT molecular complexity index is 634. The lowest BCUT2D eigenvalue weighted by Gasteiger charge is -2.26. The molecule has 0 rings (SSSR count). The van der Waals surface area contributed by atoms with Crippen molar-refractivity contribution in [3.63, 3.8) is 0 Å². The van der Waals surface area contributed by atoms with Crippen molar-refractivity contribution in [1.82, 2.24) is 16.0 Å². The normalized spacial score (nSPS) is 14.9. The van der Waals surface area contributed by atoms with Crippen LogP contribution in [0.1, 0.15) is 26.7 Å². The summed E-state index contributed by atoms with van der Waals surface area (Å²) in [6.07, 6.45) is 1.65. The van der Waals surface area contributed by atoms with Crippen LogP contribution < -0.4 is 27.4 Å². The molecule has 0 fully saturated rings. The van der Waals surface area contributed by atoms with Crippen molar-refractivity contribution in [1.29, 1.82) is 0 Å². The van der Waals surface area contributed by atoms with E-state index in [1.165, 1.54) is 11.8 Å². The van der Waals surface area contributed by atoms with Crippen LogP contribution in [0.25, 0.3) is 0 Å². The van der Waals surface area contributed by atoms with Gasteiger partial charge in [0.2, 0.25) is 23.6 Å². The van der Waals surface area contributed by atoms with E-state index in [4.69, 9.17) is 11.5 Å². The molecule has 0 bridgehead atoms. The topological polar surface area (TPSA) is 194 Å². The summed E-state index contributed by atoms with van der Waals surface area (Å²) in [5.41, 5.74) is 10.6. The SMILES string of the molecule is CSCCC(NC(=O)C(CS)NC(=O)C(NC(=O)C(N)CC(N)=O)C(C)C)C(=O)O. The van der Waals surface area contributed by atoms with Crippen molar-refractivity contribution >= 4 is 54.0 Å². The van der Waals surface area contributed by atoms with Crippen LogP contribution in [0.15, 0.2) is 0 Å². The fourth-order valence-corrected chi connectivity index (χ4v) is 3.05. The third kappa shape index (κ3) is 10.2. The quantitative estimate of drug-likeness (QED) is 0.144. The molecular weight excluding hydrogens is 434 g/mol. The van der Waals surface area contributed by atoms with Gasteiger partial charge in [0.15, 0.2) is 0 Å². The minimum absolute atomic E-state index is 0.0909. The molecule has 4 atom stereocenters. The molecular formula is C17H31N5O6S2. The van der Waals surface area contributed by atoms with Gasteiger partial charge in [0.1, 0.15) is 18.1 Å². The van der Waals surface area contributed by atoms with Crippen LogP contribution in [0.2, 0.25) is 0 Å². The molecule has 0 aliphatic rings. The van der Waals surface area contributed by atoms with E-state index in [2.05, 4.69) is 28.6 Å². The summed E-state index contributed by atoms with van der Waals surface area (Å²) < 4.78 is 0. The molecule has 30 heavy (non-hydrogen) atoms. The average molecular weight is 466 g/mol. The van der Waals surface area contributed by atoms with Crippen molar-refractivity contribution in [2.24, 2.45) is 17.4 Å². The first-order chi connectivity index (χ1) is 13.9. The molecule has 0 radical (unpaired) electrons. The molecule has 0 aromatic heterocycles. The maximum atomic E-state index is 12.6. The largest absolute Gasteiger partial charge is 0.480 e. The maximum Gasteiger partial charge on any atom is 0.326 e. The van der Waals surface area contributed by atoms with Crippen molar-refractivity contribution in [2.75, 3.05) is 17.8 Å². The van der Waals surface area contributed by atoms with Gasteiger partial charge in [-0.15, -0.1) is 0 Å². The number of hydrogen-bond acceptors (Lipinski definition) is 8. The smallest absolute Gasteiger partial charge is 0.326 e. The molecule has 4 amide bonds. The first kappa shape index (κ1) is 28.0. The molecule has 0 heterocycles. The first-order valence-electron chi connectivity index (χ1n) is 9.22. The summed E-state index contributed by atoms with van der Waals surface area (Å²) in [5.74, 6) is -3.99. The fourth-order valence-electron chi connectivity index (χ4n) is 2.33. The number of rotatable bonds is 14. The predicted molar refractivity (Wildman–Crippen MR) is 117 cm³/mol. The summed E-state index contributed by atoms with van der Waals surface area (Å²) >= 11 is 5.49. The van der Waals surface area contributed by atoms with Crippen LogP contribution in [0.4, 0.5) is 0 Å². The third-order valence-electron chi connectivity index (χ3n) is 4.05. The van der Waals surface area contributed by atoms with Crippen LogP contribution in [0.5, 0.6) is 0 Å². The van der Waals surface area contributed by atoms with Gasteiger partial charge in [0.05, 0.1) is 12.5 Å². The van der Waals surface area contributed by atoms with E-state index in [0.29, 0.717) is 5.75 Å². The summed E-state index contributed by atoms with van der Waals surface area (Å²) in [6, 6.07) is -4.47. The number of thioether (sulfide) groups is 1. The van der Waals surface area contributed by atoms with E-state index >= 15 is 0 Å². The summed E-state index contributed by atoms with van der Waals surface area (Å²) in [5, 5.41) is 16.5. The Morgan fingerprint density at radius 1 is 1.00 bits per heavy atom. The highest BCUT2D eigenvalue weighted by molar-refractivity contribution is 7.98. The fraction of sp³-hybridized carbons (Fsp3) is 0.706. The molecule has 0 aromatic rings. The molecule has 4 unspecified atom stereocenters. The van der Waals surface area contributed by atoms with E-state index < -0.39 is 53.8 Å². The number of carbonyl (C=O) groups is 5. The standard InChI is InChI=1S/C17H31N5O6S2/c1-8(2)13(22-14(24)9(18)6-12(19)23)16(26)21-11(7-29)15(25)20-10(17(27)28)4-5-30-3/h8-11,13,29H,4-7,18H2,1-3H3,(H2,19,23)(H,20,25)(H,21,26)(H,22,24)(H,27,28). The number of primary amides is 1. The number of carbonyl (C=O) groups excluding carboxylic acids is 4. The number of thiol groups is 1. The van der Waals surface area contributed by atoms with Gasteiger partial charge < -0.3 is 32.5 Å². The molecule has 0 saturated heterocycles. The van der Waals surface area contributed by atoms with Gasteiger partial charge in [-0.25, -0.2) is 4.79 Å². The second-order valence-corrected chi connectivity index (χ2v) is 8.28. The van der Waals surface area contributed by atoms with Crippen molar-refractivity contribution < 1.29 is 29.1 Å². The number of hydrogen-bond donors (Lipinski definition) is 7. The average Bonchev–Trinajstić information content (AvgIpc) is 2.65. The monoisotopic (exact) mass is 465 g/mol. The zero-order valence-electron chi connectivity index (χ0n) is 17.2. The van der Waals surface area contributed by atoms with Gasteiger partial charge >= 0.3 is 5.97 Å². The number of carboxylic acids is 1. The van der Waals surface area contributed by atoms with Crippen molar-refractivity contribution in [2.45, 2.75) is 50.9 Å². The second kappa shape index (κ2) is 14.1. The van der Waals surface area contributed by atoms with E-state index in [9.17, 15) is 29.1 Å². The lowest BCUT2D eigenvalue weighted by Crippen LogP contribution is -2.59. The number of nitrogens with one attached hydrogen (secondary N) is 3. The number of nitrogens with two attached hydrogens (primary N) is 2. The summed E-state index contributed by atoms with van der Waals surface area (Å²) in [6.45, 7) is 3.34. The third-order valence-corrected chi connectivity index (χ3v) is 5.05. The highest BCUT2D eigenvalue weighted by Gasteiger charge is 2.31. The highest BCUT2D eigenvalue weighted by atomic mass is 32.2. The van der Waals surface area contributed by atoms with E-state index in [1.807, 2.05) is 6.26 Å². The number of aliphatic carboxylic acids is 1. The maximum absolute atomic E-state index is 12.6. The Hall–Kier alpha value is -1.99. The van der Waals surface area contributed by atoms with Gasteiger partial charge in [-0.2, -0.15) is 24.4 Å². The Balaban J connectivity index is 5.13. The minimum Gasteiger partial charge on any atom is -0.480 e. The second-order valence-electron chi connectivity index (χ2n) is 6.93. The first-order valence-corrected chi connectivity index (χ1v) is 11.2. The highest BCUT2D eigenvalue weighted by Crippen LogP contribution is 2.05. The lowest BCUT2D eigenvalue weighted by molar-refractivity contribution is -0.142. The van der Waals surface area contributed by atoms with Gasteiger partial charge in [-0.05, 0) is 24.3 Å². The van der Waals surface area contributed by atoms with Crippen LogP contribution in [0, 0.1) is 5.92 Å². The van der Waals surface area contributed by atoms with Crippen LogP contribution in [-0.2, 0) is 24.0 Å². The molecule has 0 spiro atoms. The van der Waals surface area contributed by atoms with Crippen LogP contribution in [0.3, 0.4) is 0 Å². The van der Waals surface area contributed by atoms with Crippen molar-refractivity contribution in [3.8, 4) is 0 Å². The zero-order chi connectivity index (χ0) is 23.4. The predicted octanol–water partition coefficient (Wildman–Crippen LogP) is -1.93. The van der Waals surface area contributed by atoms with Crippen molar-refractivity contribution in [3.05, 3.63) is 0 Å². The molecule has 8 N–H and O–H groups in total. The molecule has 0 saturated carbocycles. The Labute approximate surface area is 185 Å². The zero-order valence-corrected chi connectivity index (χ0v) is 18.9.